The second kappa shape index (κ2) is 3.90. The summed E-state index contributed by atoms with van der Waals surface area (Å²) >= 11 is 1.94. The predicted molar refractivity (Wildman–Crippen MR) is 66.3 cm³/mol. The average molecular weight is 198 g/mol. The van der Waals surface area contributed by atoms with Gasteiger partial charge < -0.3 is 4.74 Å². The van der Waals surface area contributed by atoms with Crippen LogP contribution in [0.5, 0.6) is 0 Å². The molecule has 74 valence electrons. The Kier molecular flexibility index (Phi) is 3.45. The second-order valence-electron chi connectivity index (χ2n) is 4.65. The van der Waals surface area contributed by atoms with Crippen molar-refractivity contribution in [2.75, 3.05) is 6.26 Å². The van der Waals surface area contributed by atoms with Crippen LogP contribution in [0.2, 0.25) is 5.82 Å². The molecule has 1 fully saturated rings. The Labute approximate surface area is 88.2 Å². The lowest BCUT2D eigenvalue weighted by molar-refractivity contribution is -0.0308. The van der Waals surface area contributed by atoms with Gasteiger partial charge in [0.05, 0.1) is 5.60 Å². The van der Waals surface area contributed by atoms with Crippen LogP contribution in [0.4, 0.5) is 0 Å². The van der Waals surface area contributed by atoms with Crippen molar-refractivity contribution in [1.29, 1.82) is 0 Å². The van der Waals surface area contributed by atoms with E-state index in [-0.39, 0.29) is 5.60 Å². The first-order valence-corrected chi connectivity index (χ1v) is 6.43. The zero-order valence-corrected chi connectivity index (χ0v) is 10.4. The Bertz CT molecular complexity index is 188. The molecule has 13 heavy (non-hydrogen) atoms. The number of ether oxygens (including phenoxy) is 1. The van der Waals surface area contributed by atoms with Crippen molar-refractivity contribution >= 4 is 27.5 Å². The molecule has 4 unspecified atom stereocenters. The van der Waals surface area contributed by atoms with Gasteiger partial charge in [-0.25, -0.2) is 0 Å². The molecule has 0 saturated carbocycles. The molecule has 0 radical (unpaired) electrons. The molecule has 1 rings (SSSR count). The highest BCUT2D eigenvalue weighted by molar-refractivity contribution is 7.99. The summed E-state index contributed by atoms with van der Waals surface area (Å²) in [6.07, 6.45) is 2.19. The van der Waals surface area contributed by atoms with E-state index in [1.165, 1.54) is 0 Å². The van der Waals surface area contributed by atoms with Crippen LogP contribution in [-0.4, -0.2) is 38.8 Å². The standard InChI is InChI=1S/C9H20B2OS/c1-5(2)9(3)7(10)6(13-4)8(11)12-9/h5-8H,10-11H2,1-4H3. The largest absolute Gasteiger partial charge is 0.380 e. The Morgan fingerprint density at radius 2 is 1.92 bits per heavy atom. The smallest absolute Gasteiger partial charge is 0.140 e. The van der Waals surface area contributed by atoms with Gasteiger partial charge in [-0.2, -0.15) is 11.8 Å². The molecule has 4 atom stereocenters. The molecule has 0 aromatic heterocycles. The SMILES string of the molecule is BC1OC(C)(C(C)C)C(B)C1SC. The van der Waals surface area contributed by atoms with Crippen LogP contribution < -0.4 is 0 Å². The quantitative estimate of drug-likeness (QED) is 0.599. The molecule has 4 heteroatoms. The molecule has 0 aromatic rings. The van der Waals surface area contributed by atoms with Crippen LogP contribution in [0.3, 0.4) is 0 Å². The van der Waals surface area contributed by atoms with E-state index in [2.05, 4.69) is 42.7 Å². The minimum Gasteiger partial charge on any atom is -0.380 e. The van der Waals surface area contributed by atoms with E-state index in [0.29, 0.717) is 23.0 Å². The predicted octanol–water partition coefficient (Wildman–Crippen LogP) is 0.544. The van der Waals surface area contributed by atoms with Gasteiger partial charge in [0.1, 0.15) is 15.7 Å². The third-order valence-electron chi connectivity index (χ3n) is 3.72. The van der Waals surface area contributed by atoms with E-state index in [0.717, 1.165) is 0 Å². The van der Waals surface area contributed by atoms with Crippen molar-refractivity contribution in [3.8, 4) is 0 Å². The molecule has 1 aliphatic heterocycles. The van der Waals surface area contributed by atoms with E-state index >= 15 is 0 Å². The Morgan fingerprint density at radius 3 is 2.15 bits per heavy atom. The summed E-state index contributed by atoms with van der Waals surface area (Å²) in [6, 6.07) is 0.400. The molecule has 0 N–H and O–H groups in total. The van der Waals surface area contributed by atoms with E-state index in [9.17, 15) is 0 Å². The Balaban J connectivity index is 2.82. The zero-order valence-electron chi connectivity index (χ0n) is 9.63. The van der Waals surface area contributed by atoms with E-state index in [1.54, 1.807) is 0 Å². The summed E-state index contributed by atoms with van der Waals surface area (Å²) in [5, 5.41) is 0.660. The molecular formula is C9H20B2OS. The average Bonchev–Trinajstić information content (AvgIpc) is 2.25. The maximum atomic E-state index is 6.11. The van der Waals surface area contributed by atoms with Crippen LogP contribution in [0.15, 0.2) is 0 Å². The maximum Gasteiger partial charge on any atom is 0.140 e. The second-order valence-corrected chi connectivity index (χ2v) is 5.67. The van der Waals surface area contributed by atoms with Crippen LogP contribution in [0, 0.1) is 5.92 Å². The van der Waals surface area contributed by atoms with Crippen molar-refractivity contribution in [2.24, 2.45) is 5.92 Å². The molecule has 0 aliphatic carbocycles. The fraction of sp³-hybridized carbons (Fsp3) is 1.00. The first kappa shape index (κ1) is 11.5. The van der Waals surface area contributed by atoms with Gasteiger partial charge in [0, 0.05) is 11.3 Å². The normalized spacial score (nSPS) is 45.8. The molecule has 1 heterocycles. The highest BCUT2D eigenvalue weighted by Crippen LogP contribution is 2.46. The van der Waals surface area contributed by atoms with Gasteiger partial charge in [0.15, 0.2) is 0 Å². The fourth-order valence-corrected chi connectivity index (χ4v) is 3.48. The lowest BCUT2D eigenvalue weighted by Gasteiger charge is -2.34. The fourth-order valence-electron chi connectivity index (χ4n) is 2.37. The van der Waals surface area contributed by atoms with Gasteiger partial charge in [-0.1, -0.05) is 13.8 Å². The van der Waals surface area contributed by atoms with Crippen LogP contribution in [-0.2, 0) is 4.74 Å². The lowest BCUT2D eigenvalue weighted by atomic mass is 9.67. The third kappa shape index (κ3) is 1.80. The summed E-state index contributed by atoms with van der Waals surface area (Å²) in [5.41, 5.74) is 0.0765. The van der Waals surface area contributed by atoms with Crippen LogP contribution in [0.1, 0.15) is 20.8 Å². The number of hydrogen-bond acceptors (Lipinski definition) is 2. The summed E-state index contributed by atoms with van der Waals surface area (Å²) in [7, 11) is 4.52. The minimum absolute atomic E-state index is 0.0765. The molecule has 0 aromatic carbocycles. The van der Waals surface area contributed by atoms with Crippen LogP contribution >= 0.6 is 11.8 Å². The first-order chi connectivity index (χ1) is 5.93. The Morgan fingerprint density at radius 1 is 1.38 bits per heavy atom. The molecule has 1 nitrogen and oxygen atoms in total. The molecule has 1 saturated heterocycles. The molecular weight excluding hydrogens is 178 g/mol. The monoisotopic (exact) mass is 198 g/mol. The zero-order chi connectivity index (χ0) is 10.2. The lowest BCUT2D eigenvalue weighted by Crippen LogP contribution is -2.36. The highest BCUT2D eigenvalue weighted by atomic mass is 32.2. The van der Waals surface area contributed by atoms with Gasteiger partial charge in [0.2, 0.25) is 0 Å². The number of rotatable bonds is 2. The van der Waals surface area contributed by atoms with Gasteiger partial charge in [-0.3, -0.25) is 0 Å². The summed E-state index contributed by atoms with van der Waals surface area (Å²) in [4.78, 5) is 0. The minimum atomic E-state index is 0.0765. The van der Waals surface area contributed by atoms with E-state index < -0.39 is 0 Å². The van der Waals surface area contributed by atoms with Crippen molar-refractivity contribution < 1.29 is 4.74 Å². The van der Waals surface area contributed by atoms with Gasteiger partial charge in [-0.05, 0) is 24.9 Å². The summed E-state index contributed by atoms with van der Waals surface area (Å²) in [5.74, 6) is 1.25. The highest BCUT2D eigenvalue weighted by Gasteiger charge is 2.48. The van der Waals surface area contributed by atoms with Crippen molar-refractivity contribution in [3.63, 3.8) is 0 Å². The van der Waals surface area contributed by atoms with E-state index in [1.807, 2.05) is 11.8 Å². The Hall–Kier alpha value is 0.440. The van der Waals surface area contributed by atoms with Crippen molar-refractivity contribution in [2.45, 2.75) is 43.4 Å². The third-order valence-corrected chi connectivity index (χ3v) is 5.05. The maximum absolute atomic E-state index is 6.11. The molecule has 0 bridgehead atoms. The molecule has 0 amide bonds. The molecule has 0 spiro atoms. The van der Waals surface area contributed by atoms with Crippen molar-refractivity contribution in [1.82, 2.24) is 0 Å². The summed E-state index contributed by atoms with van der Waals surface area (Å²) in [6.45, 7) is 6.77. The van der Waals surface area contributed by atoms with Gasteiger partial charge in [-0.15, -0.1) is 0 Å². The first-order valence-electron chi connectivity index (χ1n) is 5.14. The van der Waals surface area contributed by atoms with Crippen molar-refractivity contribution in [3.05, 3.63) is 0 Å². The van der Waals surface area contributed by atoms with E-state index in [4.69, 9.17) is 4.74 Å². The number of hydrogen-bond donors (Lipinski definition) is 0. The number of thioether (sulfide) groups is 1. The van der Waals surface area contributed by atoms with Crippen LogP contribution in [0.25, 0.3) is 0 Å². The summed E-state index contributed by atoms with van der Waals surface area (Å²) < 4.78 is 6.11. The molecule has 1 aliphatic rings. The van der Waals surface area contributed by atoms with Gasteiger partial charge >= 0.3 is 0 Å². The topological polar surface area (TPSA) is 9.23 Å². The van der Waals surface area contributed by atoms with Gasteiger partial charge in [0.25, 0.3) is 0 Å².